The Labute approximate surface area is 115 Å². The van der Waals surface area contributed by atoms with Gasteiger partial charge in [-0.1, -0.05) is 38.1 Å². The van der Waals surface area contributed by atoms with E-state index in [0.717, 1.165) is 17.7 Å². The molecule has 0 aromatic heterocycles. The van der Waals surface area contributed by atoms with Crippen molar-refractivity contribution in [3.05, 3.63) is 59.4 Å². The Morgan fingerprint density at radius 1 is 0.900 bits per heavy atom. The predicted molar refractivity (Wildman–Crippen MR) is 70.9 cm³/mol. The van der Waals surface area contributed by atoms with E-state index >= 15 is 0 Å². The molecule has 0 aliphatic heterocycles. The van der Waals surface area contributed by atoms with Crippen LogP contribution in [0.25, 0.3) is 11.1 Å². The lowest BCUT2D eigenvalue weighted by Crippen LogP contribution is -2.05. The summed E-state index contributed by atoms with van der Waals surface area (Å²) in [5, 5.41) is 0. The van der Waals surface area contributed by atoms with E-state index in [-0.39, 0.29) is 11.5 Å². The zero-order valence-electron chi connectivity index (χ0n) is 11.1. The second-order valence-corrected chi connectivity index (χ2v) is 5.01. The zero-order chi connectivity index (χ0) is 14.9. The second-order valence-electron chi connectivity index (χ2n) is 5.01. The van der Waals surface area contributed by atoms with Crippen LogP contribution in [0.2, 0.25) is 0 Å². The summed E-state index contributed by atoms with van der Waals surface area (Å²) in [6.07, 6.45) is -4.55. The average Bonchev–Trinajstić information content (AvgIpc) is 2.37. The van der Waals surface area contributed by atoms with Gasteiger partial charge in [0.2, 0.25) is 0 Å². The van der Waals surface area contributed by atoms with Crippen LogP contribution in [0.4, 0.5) is 17.6 Å². The summed E-state index contributed by atoms with van der Waals surface area (Å²) >= 11 is 0. The van der Waals surface area contributed by atoms with E-state index in [1.165, 1.54) is 0 Å². The standard InChI is InChI=1S/C16H14F4/c1-10(2)11-4-3-5-12(6-11)13-7-14(16(18,19)20)9-15(17)8-13/h3-10H,1-2H3. The second kappa shape index (κ2) is 5.27. The van der Waals surface area contributed by atoms with Gasteiger partial charge in [-0.2, -0.15) is 13.2 Å². The molecule has 0 atom stereocenters. The highest BCUT2D eigenvalue weighted by Gasteiger charge is 2.31. The predicted octanol–water partition coefficient (Wildman–Crippen LogP) is 5.63. The van der Waals surface area contributed by atoms with Crippen molar-refractivity contribution in [3.8, 4) is 11.1 Å². The van der Waals surface area contributed by atoms with Crippen LogP contribution in [0, 0.1) is 5.82 Å². The summed E-state index contributed by atoms with van der Waals surface area (Å²) < 4.78 is 51.5. The minimum Gasteiger partial charge on any atom is -0.207 e. The average molecular weight is 282 g/mol. The quantitative estimate of drug-likeness (QED) is 0.626. The third-order valence-corrected chi connectivity index (χ3v) is 3.11. The van der Waals surface area contributed by atoms with Gasteiger partial charge < -0.3 is 0 Å². The Morgan fingerprint density at radius 3 is 2.20 bits per heavy atom. The lowest BCUT2D eigenvalue weighted by molar-refractivity contribution is -0.137. The number of halogens is 4. The molecule has 0 nitrogen and oxygen atoms in total. The van der Waals surface area contributed by atoms with Crippen molar-refractivity contribution >= 4 is 0 Å². The molecule has 0 amide bonds. The molecule has 20 heavy (non-hydrogen) atoms. The minimum absolute atomic E-state index is 0.236. The minimum atomic E-state index is -4.55. The molecule has 0 saturated carbocycles. The lowest BCUT2D eigenvalue weighted by Gasteiger charge is -2.11. The molecule has 2 aromatic carbocycles. The van der Waals surface area contributed by atoms with E-state index in [1.807, 2.05) is 19.9 Å². The smallest absolute Gasteiger partial charge is 0.207 e. The van der Waals surface area contributed by atoms with Crippen LogP contribution in [-0.4, -0.2) is 0 Å². The SMILES string of the molecule is CC(C)c1cccc(-c2cc(F)cc(C(F)(F)F)c2)c1. The maximum atomic E-state index is 13.4. The van der Waals surface area contributed by atoms with Crippen LogP contribution >= 0.6 is 0 Å². The van der Waals surface area contributed by atoms with Crippen LogP contribution in [0.1, 0.15) is 30.9 Å². The largest absolute Gasteiger partial charge is 0.416 e. The summed E-state index contributed by atoms with van der Waals surface area (Å²) in [5.74, 6) is -0.629. The van der Waals surface area contributed by atoms with Crippen molar-refractivity contribution < 1.29 is 17.6 Å². The Bertz CT molecular complexity index is 612. The number of alkyl halides is 3. The summed E-state index contributed by atoms with van der Waals surface area (Å²) in [7, 11) is 0. The van der Waals surface area contributed by atoms with Gasteiger partial charge in [0.15, 0.2) is 0 Å². The monoisotopic (exact) mass is 282 g/mol. The summed E-state index contributed by atoms with van der Waals surface area (Å²) in [5.41, 5.74) is 0.851. The van der Waals surface area contributed by atoms with Crippen molar-refractivity contribution in [1.82, 2.24) is 0 Å². The van der Waals surface area contributed by atoms with Gasteiger partial charge in [0.1, 0.15) is 5.82 Å². The van der Waals surface area contributed by atoms with Gasteiger partial charge >= 0.3 is 6.18 Å². The van der Waals surface area contributed by atoms with Gasteiger partial charge in [0.25, 0.3) is 0 Å². The van der Waals surface area contributed by atoms with Gasteiger partial charge in [-0.25, -0.2) is 4.39 Å². The maximum absolute atomic E-state index is 13.4. The highest BCUT2D eigenvalue weighted by atomic mass is 19.4. The van der Waals surface area contributed by atoms with Crippen molar-refractivity contribution in [1.29, 1.82) is 0 Å². The lowest BCUT2D eigenvalue weighted by atomic mass is 9.96. The fourth-order valence-corrected chi connectivity index (χ4v) is 2.00. The summed E-state index contributed by atoms with van der Waals surface area (Å²) in [6, 6.07) is 9.74. The van der Waals surface area contributed by atoms with E-state index in [4.69, 9.17) is 0 Å². The first-order chi connectivity index (χ1) is 9.27. The van der Waals surface area contributed by atoms with Crippen LogP contribution in [0.3, 0.4) is 0 Å². The molecule has 0 aliphatic carbocycles. The molecule has 0 saturated heterocycles. The zero-order valence-corrected chi connectivity index (χ0v) is 11.1. The van der Waals surface area contributed by atoms with Crippen molar-refractivity contribution in [2.45, 2.75) is 25.9 Å². The first-order valence-corrected chi connectivity index (χ1v) is 6.25. The molecule has 0 aliphatic rings. The Balaban J connectivity index is 2.53. The van der Waals surface area contributed by atoms with E-state index < -0.39 is 17.6 Å². The fourth-order valence-electron chi connectivity index (χ4n) is 2.00. The molecule has 0 fully saturated rings. The molecule has 106 valence electrons. The Morgan fingerprint density at radius 2 is 1.60 bits per heavy atom. The topological polar surface area (TPSA) is 0 Å². The molecule has 0 bridgehead atoms. The molecule has 2 aromatic rings. The van der Waals surface area contributed by atoms with E-state index in [0.29, 0.717) is 11.6 Å². The van der Waals surface area contributed by atoms with Crippen LogP contribution in [-0.2, 0) is 6.18 Å². The number of benzene rings is 2. The Kier molecular flexibility index (Phi) is 3.84. The maximum Gasteiger partial charge on any atom is 0.416 e. The van der Waals surface area contributed by atoms with Crippen LogP contribution < -0.4 is 0 Å². The molecule has 2 rings (SSSR count). The molecule has 0 unspecified atom stereocenters. The molecule has 4 heteroatoms. The normalized spacial score (nSPS) is 11.9. The van der Waals surface area contributed by atoms with Crippen LogP contribution in [0.15, 0.2) is 42.5 Å². The molecular formula is C16H14F4. The van der Waals surface area contributed by atoms with Gasteiger partial charge in [0, 0.05) is 0 Å². The van der Waals surface area contributed by atoms with Gasteiger partial charge in [-0.05, 0) is 40.8 Å². The van der Waals surface area contributed by atoms with E-state index in [9.17, 15) is 17.6 Å². The molecule has 0 spiro atoms. The van der Waals surface area contributed by atoms with Gasteiger partial charge in [0.05, 0.1) is 5.56 Å². The third-order valence-electron chi connectivity index (χ3n) is 3.11. The third kappa shape index (κ3) is 3.18. The number of hydrogen-bond acceptors (Lipinski definition) is 0. The molecular weight excluding hydrogens is 268 g/mol. The van der Waals surface area contributed by atoms with Crippen molar-refractivity contribution in [2.75, 3.05) is 0 Å². The molecule has 0 N–H and O–H groups in total. The summed E-state index contributed by atoms with van der Waals surface area (Å²) in [4.78, 5) is 0. The summed E-state index contributed by atoms with van der Waals surface area (Å²) in [6.45, 7) is 3.98. The molecule has 0 radical (unpaired) electrons. The highest BCUT2D eigenvalue weighted by Crippen LogP contribution is 2.33. The molecule has 0 heterocycles. The number of rotatable bonds is 2. The first-order valence-electron chi connectivity index (χ1n) is 6.25. The van der Waals surface area contributed by atoms with Gasteiger partial charge in [-0.15, -0.1) is 0 Å². The highest BCUT2D eigenvalue weighted by molar-refractivity contribution is 5.65. The van der Waals surface area contributed by atoms with Crippen molar-refractivity contribution in [2.24, 2.45) is 0 Å². The Hall–Kier alpha value is -1.84. The van der Waals surface area contributed by atoms with E-state index in [1.54, 1.807) is 18.2 Å². The van der Waals surface area contributed by atoms with Crippen LogP contribution in [0.5, 0.6) is 0 Å². The fraction of sp³-hybridized carbons (Fsp3) is 0.250. The number of hydrogen-bond donors (Lipinski definition) is 0. The van der Waals surface area contributed by atoms with E-state index in [2.05, 4.69) is 0 Å². The first kappa shape index (κ1) is 14.6. The van der Waals surface area contributed by atoms with Crippen molar-refractivity contribution in [3.63, 3.8) is 0 Å². The van der Waals surface area contributed by atoms with Gasteiger partial charge in [-0.3, -0.25) is 0 Å².